The highest BCUT2D eigenvalue weighted by molar-refractivity contribution is 9.10. The van der Waals surface area contributed by atoms with Gasteiger partial charge in [0.15, 0.2) is 0 Å². The van der Waals surface area contributed by atoms with Crippen molar-refractivity contribution in [3.63, 3.8) is 0 Å². The van der Waals surface area contributed by atoms with Gasteiger partial charge >= 0.3 is 0 Å². The molecule has 1 aliphatic heterocycles. The van der Waals surface area contributed by atoms with Crippen molar-refractivity contribution in [1.29, 1.82) is 0 Å². The quantitative estimate of drug-likeness (QED) is 0.796. The summed E-state index contributed by atoms with van der Waals surface area (Å²) in [6.07, 6.45) is 1.86. The lowest BCUT2D eigenvalue weighted by Crippen LogP contribution is -2.02. The molecule has 2 aromatic carbocycles. The van der Waals surface area contributed by atoms with E-state index in [1.807, 2.05) is 24.3 Å². The van der Waals surface area contributed by atoms with Crippen LogP contribution in [0.3, 0.4) is 0 Å². The summed E-state index contributed by atoms with van der Waals surface area (Å²) in [5.74, 6) is 1.73. The molecule has 0 amide bonds. The molecule has 104 valence electrons. The number of hydrogen-bond acceptors (Lipinski definition) is 2. The average Bonchev–Trinajstić information content (AvgIpc) is 2.90. The smallest absolute Gasteiger partial charge is 0.139 e. The lowest BCUT2D eigenvalue weighted by Gasteiger charge is -2.09. The van der Waals surface area contributed by atoms with Gasteiger partial charge in [-0.15, -0.1) is 0 Å². The Morgan fingerprint density at radius 2 is 2.10 bits per heavy atom. The Balaban J connectivity index is 1.61. The molecule has 0 saturated heterocycles. The number of hydrogen-bond donors (Lipinski definition) is 0. The zero-order valence-electron chi connectivity index (χ0n) is 10.9. The fraction of sp³-hybridized carbons (Fsp3) is 0.250. The molecule has 4 heteroatoms. The lowest BCUT2D eigenvalue weighted by molar-refractivity contribution is 0.322. The van der Waals surface area contributed by atoms with Gasteiger partial charge in [0.05, 0.1) is 18.2 Å². The van der Waals surface area contributed by atoms with Gasteiger partial charge in [-0.05, 0) is 35.4 Å². The van der Waals surface area contributed by atoms with Gasteiger partial charge in [-0.1, -0.05) is 39.7 Å². The van der Waals surface area contributed by atoms with Crippen LogP contribution >= 0.6 is 27.5 Å². The number of ether oxygens (including phenoxy) is 2. The van der Waals surface area contributed by atoms with Crippen LogP contribution < -0.4 is 9.47 Å². The first-order valence-electron chi connectivity index (χ1n) is 6.55. The molecule has 0 radical (unpaired) electrons. The molecule has 0 saturated carbocycles. The summed E-state index contributed by atoms with van der Waals surface area (Å²) >= 11 is 9.51. The third-order valence-electron chi connectivity index (χ3n) is 3.30. The summed E-state index contributed by atoms with van der Waals surface area (Å²) < 4.78 is 12.2. The van der Waals surface area contributed by atoms with E-state index in [4.69, 9.17) is 21.1 Å². The SMILES string of the molecule is Clc1ccc(Br)cc1OCCc1ccc2c(c1)CCO2. The third-order valence-corrected chi connectivity index (χ3v) is 4.10. The summed E-state index contributed by atoms with van der Waals surface area (Å²) in [6.45, 7) is 1.40. The molecule has 0 aliphatic carbocycles. The van der Waals surface area contributed by atoms with E-state index >= 15 is 0 Å². The monoisotopic (exact) mass is 352 g/mol. The molecular weight excluding hydrogens is 340 g/mol. The number of halogens is 2. The van der Waals surface area contributed by atoms with Crippen molar-refractivity contribution in [3.05, 3.63) is 57.0 Å². The minimum absolute atomic E-state index is 0.607. The second-order valence-corrected chi connectivity index (χ2v) is 6.04. The van der Waals surface area contributed by atoms with Crippen molar-refractivity contribution < 1.29 is 9.47 Å². The summed E-state index contributed by atoms with van der Waals surface area (Å²) in [5, 5.41) is 0.635. The van der Waals surface area contributed by atoms with Crippen molar-refractivity contribution in [2.24, 2.45) is 0 Å². The molecule has 0 atom stereocenters. The van der Waals surface area contributed by atoms with Crippen molar-refractivity contribution in [2.45, 2.75) is 12.8 Å². The Labute approximate surface area is 131 Å². The summed E-state index contributed by atoms with van der Waals surface area (Å²) in [5.41, 5.74) is 2.56. The maximum absolute atomic E-state index is 6.09. The fourth-order valence-electron chi connectivity index (χ4n) is 2.26. The van der Waals surface area contributed by atoms with E-state index in [-0.39, 0.29) is 0 Å². The van der Waals surface area contributed by atoms with Gasteiger partial charge in [0.1, 0.15) is 11.5 Å². The van der Waals surface area contributed by atoms with Crippen molar-refractivity contribution in [2.75, 3.05) is 13.2 Å². The Kier molecular flexibility index (Phi) is 4.18. The molecule has 3 rings (SSSR count). The summed E-state index contributed by atoms with van der Waals surface area (Å²) in [4.78, 5) is 0. The van der Waals surface area contributed by atoms with Crippen LogP contribution in [0.4, 0.5) is 0 Å². The molecule has 0 bridgehead atoms. The minimum atomic E-state index is 0.607. The van der Waals surface area contributed by atoms with Crippen LogP contribution in [0.25, 0.3) is 0 Å². The highest BCUT2D eigenvalue weighted by Crippen LogP contribution is 2.29. The van der Waals surface area contributed by atoms with Gasteiger partial charge in [-0.25, -0.2) is 0 Å². The predicted octanol–water partition coefficient (Wildman–Crippen LogP) is 4.66. The second kappa shape index (κ2) is 6.06. The van der Waals surface area contributed by atoms with E-state index in [9.17, 15) is 0 Å². The maximum Gasteiger partial charge on any atom is 0.139 e. The highest BCUT2D eigenvalue weighted by atomic mass is 79.9. The Morgan fingerprint density at radius 3 is 3.00 bits per heavy atom. The van der Waals surface area contributed by atoms with E-state index in [1.165, 1.54) is 11.1 Å². The zero-order valence-corrected chi connectivity index (χ0v) is 13.2. The van der Waals surface area contributed by atoms with Gasteiger partial charge in [0, 0.05) is 17.3 Å². The van der Waals surface area contributed by atoms with Gasteiger partial charge in [-0.2, -0.15) is 0 Å². The number of benzene rings is 2. The standard InChI is InChI=1S/C16H14BrClO2/c17-13-2-3-14(18)16(10-13)20-7-5-11-1-4-15-12(9-11)6-8-19-15/h1-4,9-10H,5-8H2. The summed E-state index contributed by atoms with van der Waals surface area (Å²) in [6, 6.07) is 12.0. The number of rotatable bonds is 4. The largest absolute Gasteiger partial charge is 0.493 e. The molecule has 1 aliphatic rings. The van der Waals surface area contributed by atoms with Gasteiger partial charge in [-0.3, -0.25) is 0 Å². The van der Waals surface area contributed by atoms with Crippen molar-refractivity contribution >= 4 is 27.5 Å². The molecule has 0 fully saturated rings. The van der Waals surface area contributed by atoms with Crippen LogP contribution in [0.2, 0.25) is 5.02 Å². The molecule has 20 heavy (non-hydrogen) atoms. The van der Waals surface area contributed by atoms with Crippen LogP contribution in [0, 0.1) is 0 Å². The average molecular weight is 354 g/mol. The first-order valence-corrected chi connectivity index (χ1v) is 7.72. The molecular formula is C16H14BrClO2. The van der Waals surface area contributed by atoms with Gasteiger partial charge < -0.3 is 9.47 Å². The normalized spacial score (nSPS) is 12.9. The van der Waals surface area contributed by atoms with Crippen LogP contribution in [-0.4, -0.2) is 13.2 Å². The molecule has 0 spiro atoms. The van der Waals surface area contributed by atoms with Crippen LogP contribution in [-0.2, 0) is 12.8 Å². The van der Waals surface area contributed by atoms with E-state index in [1.54, 1.807) is 0 Å². The molecule has 2 nitrogen and oxygen atoms in total. The summed E-state index contributed by atoms with van der Waals surface area (Å²) in [7, 11) is 0. The maximum atomic E-state index is 6.09. The first kappa shape index (κ1) is 13.8. The van der Waals surface area contributed by atoms with Crippen molar-refractivity contribution in [1.82, 2.24) is 0 Å². The number of fused-ring (bicyclic) bond motifs is 1. The van der Waals surface area contributed by atoms with E-state index < -0.39 is 0 Å². The third kappa shape index (κ3) is 3.10. The van der Waals surface area contributed by atoms with Crippen LogP contribution in [0.1, 0.15) is 11.1 Å². The molecule has 0 N–H and O–H groups in total. The first-order chi connectivity index (χ1) is 9.72. The van der Waals surface area contributed by atoms with E-state index in [0.717, 1.165) is 29.7 Å². The molecule has 2 aromatic rings. The Hall–Kier alpha value is -1.19. The van der Waals surface area contributed by atoms with E-state index in [2.05, 4.69) is 28.1 Å². The minimum Gasteiger partial charge on any atom is -0.493 e. The molecule has 0 aromatic heterocycles. The van der Waals surface area contributed by atoms with Gasteiger partial charge in [0.25, 0.3) is 0 Å². The molecule has 1 heterocycles. The Morgan fingerprint density at radius 1 is 1.20 bits per heavy atom. The predicted molar refractivity (Wildman–Crippen MR) is 84.0 cm³/mol. The van der Waals surface area contributed by atoms with Crippen molar-refractivity contribution in [3.8, 4) is 11.5 Å². The van der Waals surface area contributed by atoms with Crippen LogP contribution in [0.15, 0.2) is 40.9 Å². The zero-order chi connectivity index (χ0) is 13.9. The highest BCUT2D eigenvalue weighted by Gasteiger charge is 2.12. The van der Waals surface area contributed by atoms with E-state index in [0.29, 0.717) is 17.4 Å². The second-order valence-electron chi connectivity index (χ2n) is 4.71. The molecule has 0 unspecified atom stereocenters. The Bertz CT molecular complexity index is 628. The topological polar surface area (TPSA) is 18.5 Å². The fourth-order valence-corrected chi connectivity index (χ4v) is 2.77. The lowest BCUT2D eigenvalue weighted by atomic mass is 10.1. The van der Waals surface area contributed by atoms with Crippen LogP contribution in [0.5, 0.6) is 11.5 Å². The van der Waals surface area contributed by atoms with Gasteiger partial charge in [0.2, 0.25) is 0 Å².